The van der Waals surface area contributed by atoms with Gasteiger partial charge in [-0.1, -0.05) is 42.0 Å². The van der Waals surface area contributed by atoms with Gasteiger partial charge in [0.15, 0.2) is 0 Å². The predicted octanol–water partition coefficient (Wildman–Crippen LogP) is 3.90. The minimum absolute atomic E-state index is 0.204. The molecule has 0 bridgehead atoms. The Kier molecular flexibility index (Phi) is 2.88. The number of fused-ring (bicyclic) bond motifs is 3. The second-order valence-corrected chi connectivity index (χ2v) is 7.75. The van der Waals surface area contributed by atoms with Crippen LogP contribution in [0.5, 0.6) is 0 Å². The van der Waals surface area contributed by atoms with Gasteiger partial charge < -0.3 is 4.90 Å². The van der Waals surface area contributed by atoms with E-state index in [-0.39, 0.29) is 5.91 Å². The van der Waals surface area contributed by atoms with Crippen molar-refractivity contribution < 1.29 is 4.79 Å². The SMILES string of the molecule is Cc1cc2c3c(c1)c1c(n3C(=O)C2(C)c2ccccc2)CCN(C)C1. The molecule has 1 unspecified atom stereocenters. The molecule has 3 nitrogen and oxygen atoms in total. The molecule has 25 heavy (non-hydrogen) atoms. The summed E-state index contributed by atoms with van der Waals surface area (Å²) in [6.07, 6.45) is 0.940. The topological polar surface area (TPSA) is 25.2 Å². The highest BCUT2D eigenvalue weighted by molar-refractivity contribution is 6.11. The van der Waals surface area contributed by atoms with E-state index in [1.54, 1.807) is 0 Å². The van der Waals surface area contributed by atoms with Crippen LogP contribution in [0.15, 0.2) is 42.5 Å². The summed E-state index contributed by atoms with van der Waals surface area (Å²) in [4.78, 5) is 16.0. The minimum atomic E-state index is -0.598. The van der Waals surface area contributed by atoms with E-state index >= 15 is 0 Å². The Labute approximate surface area is 147 Å². The fourth-order valence-corrected chi connectivity index (χ4v) is 4.75. The molecule has 0 fully saturated rings. The van der Waals surface area contributed by atoms with Gasteiger partial charge in [0, 0.05) is 30.6 Å². The third-order valence-electron chi connectivity index (χ3n) is 6.10. The number of aryl methyl sites for hydroxylation is 1. The van der Waals surface area contributed by atoms with Crippen LogP contribution in [0, 0.1) is 6.92 Å². The summed E-state index contributed by atoms with van der Waals surface area (Å²) in [5.41, 5.74) is 6.59. The number of aromatic nitrogens is 1. The molecule has 2 aliphatic heterocycles. The van der Waals surface area contributed by atoms with Crippen molar-refractivity contribution in [2.75, 3.05) is 13.6 Å². The van der Waals surface area contributed by atoms with Crippen LogP contribution in [0.4, 0.5) is 0 Å². The number of carbonyl (C=O) groups excluding carboxylic acids is 1. The van der Waals surface area contributed by atoms with Crippen molar-refractivity contribution in [1.29, 1.82) is 0 Å². The molecule has 0 saturated heterocycles. The van der Waals surface area contributed by atoms with Crippen LogP contribution in [0.1, 0.15) is 39.7 Å². The zero-order valence-corrected chi connectivity index (χ0v) is 15.0. The monoisotopic (exact) mass is 330 g/mol. The highest BCUT2D eigenvalue weighted by Crippen LogP contribution is 2.47. The van der Waals surface area contributed by atoms with Crippen molar-refractivity contribution in [2.45, 2.75) is 32.2 Å². The predicted molar refractivity (Wildman–Crippen MR) is 100 cm³/mol. The molecule has 0 radical (unpaired) electrons. The summed E-state index contributed by atoms with van der Waals surface area (Å²) in [7, 11) is 2.16. The summed E-state index contributed by atoms with van der Waals surface area (Å²) in [5.74, 6) is 0.204. The average Bonchev–Trinajstić information content (AvgIpc) is 3.04. The zero-order valence-electron chi connectivity index (χ0n) is 15.0. The lowest BCUT2D eigenvalue weighted by atomic mass is 9.76. The first-order chi connectivity index (χ1) is 12.0. The van der Waals surface area contributed by atoms with E-state index < -0.39 is 5.41 Å². The zero-order chi connectivity index (χ0) is 17.3. The summed E-state index contributed by atoms with van der Waals surface area (Å²) >= 11 is 0. The van der Waals surface area contributed by atoms with Gasteiger partial charge in [-0.3, -0.25) is 9.36 Å². The number of nitrogens with zero attached hydrogens (tertiary/aromatic N) is 2. The fourth-order valence-electron chi connectivity index (χ4n) is 4.75. The number of likely N-dealkylation sites (N-methyl/N-ethyl adjacent to an activating group) is 1. The maximum absolute atomic E-state index is 13.7. The van der Waals surface area contributed by atoms with E-state index in [0.29, 0.717) is 0 Å². The Bertz CT molecular complexity index is 1030. The molecule has 3 heteroatoms. The van der Waals surface area contributed by atoms with Crippen LogP contribution in [-0.2, 0) is 18.4 Å². The van der Waals surface area contributed by atoms with Gasteiger partial charge in [-0.15, -0.1) is 0 Å². The van der Waals surface area contributed by atoms with Crippen molar-refractivity contribution in [3.8, 4) is 0 Å². The number of benzene rings is 2. The van der Waals surface area contributed by atoms with Crippen molar-refractivity contribution in [1.82, 2.24) is 9.47 Å². The molecular weight excluding hydrogens is 308 g/mol. The minimum Gasteiger partial charge on any atom is -0.302 e. The standard InChI is InChI=1S/C22H22N2O/c1-14-11-16-17-13-23(3)10-9-19(17)24-20(16)18(12-14)22(2,21(24)25)15-7-5-4-6-8-15/h4-8,11-12H,9-10,13H2,1-3H3. The second-order valence-electron chi connectivity index (χ2n) is 7.75. The highest BCUT2D eigenvalue weighted by Gasteiger charge is 2.47. The lowest BCUT2D eigenvalue weighted by Gasteiger charge is -2.28. The van der Waals surface area contributed by atoms with Crippen molar-refractivity contribution in [3.63, 3.8) is 0 Å². The number of hydrogen-bond acceptors (Lipinski definition) is 2. The molecule has 3 heterocycles. The van der Waals surface area contributed by atoms with Gasteiger partial charge >= 0.3 is 0 Å². The molecule has 2 aliphatic rings. The van der Waals surface area contributed by atoms with Crippen LogP contribution in [0.2, 0.25) is 0 Å². The first-order valence-corrected chi connectivity index (χ1v) is 8.98. The maximum Gasteiger partial charge on any atom is 0.246 e. The molecular formula is C22H22N2O. The molecule has 0 saturated carbocycles. The molecule has 0 N–H and O–H groups in total. The Balaban J connectivity index is 1.88. The molecule has 0 spiro atoms. The lowest BCUT2D eigenvalue weighted by Crippen LogP contribution is -2.35. The normalized spacial score (nSPS) is 22.6. The lowest BCUT2D eigenvalue weighted by molar-refractivity contribution is 0.0853. The Morgan fingerprint density at radius 3 is 2.64 bits per heavy atom. The largest absolute Gasteiger partial charge is 0.302 e. The molecule has 1 aromatic heterocycles. The molecule has 0 aliphatic carbocycles. The van der Waals surface area contributed by atoms with Gasteiger partial charge in [0.25, 0.3) is 0 Å². The summed E-state index contributed by atoms with van der Waals surface area (Å²) < 4.78 is 2.04. The van der Waals surface area contributed by atoms with Gasteiger partial charge in [-0.25, -0.2) is 0 Å². The number of carbonyl (C=O) groups is 1. The highest BCUT2D eigenvalue weighted by atomic mass is 16.2. The van der Waals surface area contributed by atoms with E-state index in [0.717, 1.165) is 36.2 Å². The maximum atomic E-state index is 13.7. The second kappa shape index (κ2) is 4.83. The van der Waals surface area contributed by atoms with Crippen molar-refractivity contribution >= 4 is 16.8 Å². The van der Waals surface area contributed by atoms with Gasteiger partial charge in [-0.2, -0.15) is 0 Å². The third kappa shape index (κ3) is 1.77. The van der Waals surface area contributed by atoms with Crippen LogP contribution >= 0.6 is 0 Å². The average molecular weight is 330 g/mol. The third-order valence-corrected chi connectivity index (χ3v) is 6.10. The molecule has 1 atom stereocenters. The smallest absolute Gasteiger partial charge is 0.246 e. The first kappa shape index (κ1) is 14.9. The van der Waals surface area contributed by atoms with Gasteiger partial charge in [-0.05, 0) is 43.7 Å². The van der Waals surface area contributed by atoms with Crippen LogP contribution in [0.25, 0.3) is 10.9 Å². The molecule has 0 amide bonds. The summed E-state index contributed by atoms with van der Waals surface area (Å²) in [6.45, 7) is 6.16. The van der Waals surface area contributed by atoms with E-state index in [1.807, 2.05) is 22.8 Å². The van der Waals surface area contributed by atoms with E-state index in [4.69, 9.17) is 0 Å². The van der Waals surface area contributed by atoms with Gasteiger partial charge in [0.2, 0.25) is 5.91 Å². The van der Waals surface area contributed by atoms with E-state index in [2.05, 4.69) is 50.1 Å². The van der Waals surface area contributed by atoms with Crippen LogP contribution < -0.4 is 0 Å². The van der Waals surface area contributed by atoms with E-state index in [1.165, 1.54) is 22.2 Å². The number of hydrogen-bond donors (Lipinski definition) is 0. The van der Waals surface area contributed by atoms with Crippen LogP contribution in [-0.4, -0.2) is 29.0 Å². The fraction of sp³-hybridized carbons (Fsp3) is 0.318. The number of rotatable bonds is 1. The van der Waals surface area contributed by atoms with Gasteiger partial charge in [0.1, 0.15) is 0 Å². The first-order valence-electron chi connectivity index (χ1n) is 8.98. The van der Waals surface area contributed by atoms with Crippen molar-refractivity contribution in [2.24, 2.45) is 0 Å². The molecule has 3 aromatic rings. The van der Waals surface area contributed by atoms with E-state index in [9.17, 15) is 4.79 Å². The molecule has 126 valence electrons. The summed E-state index contributed by atoms with van der Waals surface area (Å²) in [5, 5.41) is 1.27. The molecule has 5 rings (SSSR count). The Morgan fingerprint density at radius 1 is 1.12 bits per heavy atom. The Hall–Kier alpha value is -2.39. The quantitative estimate of drug-likeness (QED) is 0.676. The van der Waals surface area contributed by atoms with Crippen molar-refractivity contribution in [3.05, 3.63) is 70.4 Å². The van der Waals surface area contributed by atoms with Crippen LogP contribution in [0.3, 0.4) is 0 Å². The summed E-state index contributed by atoms with van der Waals surface area (Å²) in [6, 6.07) is 14.7. The molecule has 2 aromatic carbocycles. The Morgan fingerprint density at radius 2 is 1.88 bits per heavy atom. The van der Waals surface area contributed by atoms with Gasteiger partial charge in [0.05, 0.1) is 10.9 Å².